The molecule has 1 aromatic carbocycles. The topological polar surface area (TPSA) is 62.5 Å². The smallest absolute Gasteiger partial charge is 0.255 e. The first kappa shape index (κ1) is 16.5. The molecule has 1 fully saturated rings. The fraction of sp³-hybridized carbons (Fsp3) is 0.368. The lowest BCUT2D eigenvalue weighted by Crippen LogP contribution is -2.44. The second kappa shape index (κ2) is 7.45. The van der Waals surface area contributed by atoms with E-state index in [0.29, 0.717) is 18.5 Å². The van der Waals surface area contributed by atoms with Crippen LogP contribution in [-0.4, -0.2) is 39.7 Å². The first-order chi connectivity index (χ1) is 11.7. The average Bonchev–Trinajstić information content (AvgIpc) is 2.63. The number of piperidine rings is 1. The second-order valence-corrected chi connectivity index (χ2v) is 6.12. The van der Waals surface area contributed by atoms with Gasteiger partial charge in [0.15, 0.2) is 0 Å². The molecule has 1 saturated heterocycles. The highest BCUT2D eigenvalue weighted by Crippen LogP contribution is 2.21. The number of aromatic nitrogens is 1. The van der Waals surface area contributed by atoms with Crippen LogP contribution in [0.2, 0.25) is 0 Å². The summed E-state index contributed by atoms with van der Waals surface area (Å²) in [6, 6.07) is 12.4. The Morgan fingerprint density at radius 3 is 2.67 bits per heavy atom. The third kappa shape index (κ3) is 3.41. The Labute approximate surface area is 141 Å². The van der Waals surface area contributed by atoms with E-state index in [1.165, 1.54) is 10.6 Å². The summed E-state index contributed by atoms with van der Waals surface area (Å²) in [6.45, 7) is 0.784. The Hall–Kier alpha value is -2.40. The number of nitrogens with zero attached hydrogens (tertiary/aromatic N) is 2. The third-order valence-corrected chi connectivity index (χ3v) is 4.54. The van der Waals surface area contributed by atoms with Crippen LogP contribution in [0, 0.1) is 0 Å². The molecule has 1 aliphatic rings. The van der Waals surface area contributed by atoms with Gasteiger partial charge in [0.2, 0.25) is 0 Å². The molecule has 24 heavy (non-hydrogen) atoms. The summed E-state index contributed by atoms with van der Waals surface area (Å²) in [7, 11) is 0. The van der Waals surface area contributed by atoms with Crippen molar-refractivity contribution in [3.05, 3.63) is 64.6 Å². The Bertz CT molecular complexity index is 753. The molecule has 0 bridgehead atoms. The molecular weight excluding hydrogens is 304 g/mol. The van der Waals surface area contributed by atoms with Gasteiger partial charge in [0, 0.05) is 37.1 Å². The van der Waals surface area contributed by atoms with Crippen LogP contribution in [0.15, 0.2) is 53.5 Å². The van der Waals surface area contributed by atoms with E-state index in [4.69, 9.17) is 0 Å². The van der Waals surface area contributed by atoms with E-state index >= 15 is 0 Å². The van der Waals surface area contributed by atoms with Crippen LogP contribution in [0.1, 0.15) is 36.0 Å². The summed E-state index contributed by atoms with van der Waals surface area (Å²) in [5.41, 5.74) is 1.08. The molecular formula is C19H22N2O3. The molecule has 3 rings (SSSR count). The van der Waals surface area contributed by atoms with Gasteiger partial charge in [-0.2, -0.15) is 0 Å². The van der Waals surface area contributed by atoms with E-state index in [2.05, 4.69) is 0 Å². The van der Waals surface area contributed by atoms with Crippen molar-refractivity contribution in [3.8, 4) is 5.69 Å². The van der Waals surface area contributed by atoms with Gasteiger partial charge < -0.3 is 10.0 Å². The number of hydrogen-bond acceptors (Lipinski definition) is 3. The minimum Gasteiger partial charge on any atom is -0.396 e. The maximum atomic E-state index is 12.9. The molecule has 0 radical (unpaired) electrons. The first-order valence-corrected chi connectivity index (χ1v) is 8.40. The van der Waals surface area contributed by atoms with Crippen molar-refractivity contribution in [2.75, 3.05) is 13.2 Å². The number of likely N-dealkylation sites (tertiary alicyclic amines) is 1. The zero-order valence-electron chi connectivity index (χ0n) is 13.6. The van der Waals surface area contributed by atoms with E-state index < -0.39 is 0 Å². The summed E-state index contributed by atoms with van der Waals surface area (Å²) in [6.07, 6.45) is 5.20. The van der Waals surface area contributed by atoms with Gasteiger partial charge in [0.1, 0.15) is 0 Å². The van der Waals surface area contributed by atoms with E-state index in [1.54, 1.807) is 12.3 Å². The van der Waals surface area contributed by atoms with Crippen molar-refractivity contribution in [1.29, 1.82) is 0 Å². The molecule has 1 atom stereocenters. The summed E-state index contributed by atoms with van der Waals surface area (Å²) >= 11 is 0. The molecule has 5 nitrogen and oxygen atoms in total. The normalized spacial score (nSPS) is 17.7. The lowest BCUT2D eigenvalue weighted by molar-refractivity contribution is 0.0574. The van der Waals surface area contributed by atoms with Gasteiger partial charge in [-0.1, -0.05) is 18.2 Å². The summed E-state index contributed by atoms with van der Waals surface area (Å²) < 4.78 is 1.50. The van der Waals surface area contributed by atoms with Gasteiger partial charge in [-0.25, -0.2) is 0 Å². The van der Waals surface area contributed by atoms with Gasteiger partial charge in [-0.15, -0.1) is 0 Å². The summed E-state index contributed by atoms with van der Waals surface area (Å²) in [4.78, 5) is 26.9. The number of hydrogen-bond donors (Lipinski definition) is 1. The Morgan fingerprint density at radius 1 is 1.12 bits per heavy atom. The number of carbonyl (C=O) groups excluding carboxylic acids is 1. The molecule has 126 valence electrons. The highest BCUT2D eigenvalue weighted by Gasteiger charge is 2.27. The summed E-state index contributed by atoms with van der Waals surface area (Å²) in [5, 5.41) is 9.23. The lowest BCUT2D eigenvalue weighted by atomic mass is 9.98. The zero-order valence-corrected chi connectivity index (χ0v) is 13.6. The van der Waals surface area contributed by atoms with Gasteiger partial charge in [-0.3, -0.25) is 14.2 Å². The number of aliphatic hydroxyl groups is 1. The highest BCUT2D eigenvalue weighted by molar-refractivity contribution is 5.94. The number of pyridine rings is 1. The molecule has 1 aliphatic heterocycles. The van der Waals surface area contributed by atoms with E-state index in [-0.39, 0.29) is 24.1 Å². The second-order valence-electron chi connectivity index (χ2n) is 6.12. The van der Waals surface area contributed by atoms with E-state index in [9.17, 15) is 14.7 Å². The monoisotopic (exact) mass is 326 g/mol. The van der Waals surface area contributed by atoms with Crippen LogP contribution in [0.4, 0.5) is 0 Å². The predicted octanol–water partition coefficient (Wildman–Crippen LogP) is 2.21. The molecule has 2 aromatic rings. The van der Waals surface area contributed by atoms with Gasteiger partial charge in [-0.05, 0) is 43.9 Å². The Balaban J connectivity index is 1.91. The number of aliphatic hydroxyl groups excluding tert-OH is 1. The fourth-order valence-electron chi connectivity index (χ4n) is 3.29. The van der Waals surface area contributed by atoms with E-state index in [1.807, 2.05) is 35.2 Å². The van der Waals surface area contributed by atoms with Crippen molar-refractivity contribution in [2.45, 2.75) is 31.7 Å². The third-order valence-electron chi connectivity index (χ3n) is 4.54. The van der Waals surface area contributed by atoms with Gasteiger partial charge >= 0.3 is 0 Å². The molecule has 2 heterocycles. The van der Waals surface area contributed by atoms with Crippen LogP contribution in [0.25, 0.3) is 5.69 Å². The summed E-state index contributed by atoms with van der Waals surface area (Å²) in [5.74, 6) is -0.0715. The van der Waals surface area contributed by atoms with Crippen molar-refractivity contribution < 1.29 is 9.90 Å². The van der Waals surface area contributed by atoms with Gasteiger partial charge in [0.05, 0.1) is 5.56 Å². The van der Waals surface area contributed by atoms with Crippen molar-refractivity contribution >= 4 is 5.91 Å². The predicted molar refractivity (Wildman–Crippen MR) is 92.4 cm³/mol. The molecule has 0 aliphatic carbocycles. The van der Waals surface area contributed by atoms with Crippen molar-refractivity contribution in [3.63, 3.8) is 0 Å². The quantitative estimate of drug-likeness (QED) is 0.937. The number of carbonyl (C=O) groups is 1. The van der Waals surface area contributed by atoms with Gasteiger partial charge in [0.25, 0.3) is 11.5 Å². The maximum absolute atomic E-state index is 12.9. The number of para-hydroxylation sites is 1. The lowest BCUT2D eigenvalue weighted by Gasteiger charge is -2.35. The SMILES string of the molecule is O=C(c1ccc(=O)n(-c2ccccc2)c1)N1CCCCC1CCO. The van der Waals surface area contributed by atoms with Crippen LogP contribution >= 0.6 is 0 Å². The largest absolute Gasteiger partial charge is 0.396 e. The van der Waals surface area contributed by atoms with E-state index in [0.717, 1.165) is 24.9 Å². The fourth-order valence-corrected chi connectivity index (χ4v) is 3.29. The Kier molecular flexibility index (Phi) is 5.11. The molecule has 1 unspecified atom stereocenters. The molecule has 1 aromatic heterocycles. The molecule has 1 amide bonds. The van der Waals surface area contributed by atoms with Crippen LogP contribution < -0.4 is 5.56 Å². The maximum Gasteiger partial charge on any atom is 0.255 e. The average molecular weight is 326 g/mol. The number of amides is 1. The number of rotatable bonds is 4. The molecule has 0 saturated carbocycles. The molecule has 1 N–H and O–H groups in total. The minimum atomic E-state index is -0.164. The van der Waals surface area contributed by atoms with Crippen molar-refractivity contribution in [1.82, 2.24) is 9.47 Å². The van der Waals surface area contributed by atoms with Crippen molar-refractivity contribution in [2.24, 2.45) is 0 Å². The Morgan fingerprint density at radius 2 is 1.92 bits per heavy atom. The highest BCUT2D eigenvalue weighted by atomic mass is 16.3. The standard InChI is InChI=1S/C19H22N2O3/c22-13-11-17-8-4-5-12-20(17)19(24)15-9-10-18(23)21(14-15)16-6-2-1-3-7-16/h1-3,6-7,9-10,14,17,22H,4-5,8,11-13H2. The first-order valence-electron chi connectivity index (χ1n) is 8.40. The van der Waals surface area contributed by atoms with Crippen LogP contribution in [0.5, 0.6) is 0 Å². The molecule has 5 heteroatoms. The molecule has 0 spiro atoms. The number of benzene rings is 1. The zero-order chi connectivity index (χ0) is 16.9. The minimum absolute atomic E-state index is 0.0715. The van der Waals surface area contributed by atoms with Crippen LogP contribution in [0.3, 0.4) is 0 Å². The van der Waals surface area contributed by atoms with Crippen LogP contribution in [-0.2, 0) is 0 Å².